The summed E-state index contributed by atoms with van der Waals surface area (Å²) in [6.07, 6.45) is 2.38. The summed E-state index contributed by atoms with van der Waals surface area (Å²) in [4.78, 5) is 1.28. The van der Waals surface area contributed by atoms with E-state index in [4.69, 9.17) is 0 Å². The highest BCUT2D eigenvalue weighted by molar-refractivity contribution is 8.00. The van der Waals surface area contributed by atoms with Crippen LogP contribution < -0.4 is 5.19 Å². The Balaban J connectivity index is 2.14. The molecule has 0 aliphatic rings. The molecule has 0 unspecified atom stereocenters. The normalized spacial score (nSPS) is 12.6. The quantitative estimate of drug-likeness (QED) is 0.446. The molecule has 0 aliphatic heterocycles. The van der Waals surface area contributed by atoms with Crippen molar-refractivity contribution < 1.29 is 5.11 Å². The Morgan fingerprint density at radius 2 is 1.64 bits per heavy atom. The minimum absolute atomic E-state index is 0.0340. The molecule has 1 nitrogen and oxygen atoms in total. The van der Waals surface area contributed by atoms with E-state index < -0.39 is 0 Å². The Labute approximate surface area is 179 Å². The largest absolute Gasteiger partial charge is 0.508 e. The van der Waals surface area contributed by atoms with Crippen LogP contribution in [0.5, 0.6) is 5.75 Å². The number of phenols is 1. The van der Waals surface area contributed by atoms with E-state index in [0.29, 0.717) is 17.6 Å². The topological polar surface area (TPSA) is 20.2 Å². The summed E-state index contributed by atoms with van der Waals surface area (Å²) in [5.41, 5.74) is 4.21. The monoisotopic (exact) mass is 414 g/mol. The lowest BCUT2D eigenvalue weighted by molar-refractivity contribution is 0.446. The number of hydrogen-bond acceptors (Lipinski definition) is 2. The molecule has 28 heavy (non-hydrogen) atoms. The van der Waals surface area contributed by atoms with Crippen molar-refractivity contribution >= 4 is 26.5 Å². The molecule has 2 rings (SSSR count). The van der Waals surface area contributed by atoms with Crippen LogP contribution in [0.4, 0.5) is 0 Å². The molecular weight excluding hydrogens is 376 g/mol. The highest BCUT2D eigenvalue weighted by Crippen LogP contribution is 2.33. The maximum absolute atomic E-state index is 10.2. The lowest BCUT2D eigenvalue weighted by Crippen LogP contribution is -2.24. The number of thioether (sulfide) groups is 1. The standard InChI is InChI=1S/C25H38OSSi/c1-17(2)13-19-9-8-10-24(21(19)14-18(3)4)28-16-27-20-11-12-23(26)22(15-20)25(5,6)7/h8-12,15,17-18,26H,13-14,16,28H2,1-7H3. The highest BCUT2D eigenvalue weighted by Gasteiger charge is 2.18. The predicted molar refractivity (Wildman–Crippen MR) is 129 cm³/mol. The number of phenolic OH excluding ortho intramolecular Hbond substituents is 1. The minimum Gasteiger partial charge on any atom is -0.508 e. The predicted octanol–water partition coefficient (Wildman–Crippen LogP) is 5.63. The summed E-state index contributed by atoms with van der Waals surface area (Å²) >= 11 is 1.95. The zero-order valence-corrected chi connectivity index (χ0v) is 21.0. The first-order valence-corrected chi connectivity index (χ1v) is 13.3. The van der Waals surface area contributed by atoms with Crippen molar-refractivity contribution in [1.82, 2.24) is 0 Å². The summed E-state index contributed by atoms with van der Waals surface area (Å²) in [5.74, 6) is 1.81. The van der Waals surface area contributed by atoms with Gasteiger partial charge < -0.3 is 5.11 Å². The molecule has 0 amide bonds. The van der Waals surface area contributed by atoms with Crippen molar-refractivity contribution in [3.8, 4) is 5.75 Å². The van der Waals surface area contributed by atoms with Crippen LogP contribution in [-0.4, -0.2) is 20.0 Å². The van der Waals surface area contributed by atoms with E-state index >= 15 is 0 Å². The molecule has 0 saturated carbocycles. The fraction of sp³-hybridized carbons (Fsp3) is 0.520. The summed E-state index contributed by atoms with van der Waals surface area (Å²) in [5, 5.41) is 13.0. The van der Waals surface area contributed by atoms with Crippen LogP contribution in [0, 0.1) is 11.8 Å². The van der Waals surface area contributed by atoms with Crippen LogP contribution in [0.25, 0.3) is 0 Å². The Morgan fingerprint density at radius 3 is 2.25 bits per heavy atom. The van der Waals surface area contributed by atoms with Crippen LogP contribution in [0.15, 0.2) is 41.3 Å². The van der Waals surface area contributed by atoms with Crippen molar-refractivity contribution in [3.05, 3.63) is 53.1 Å². The Morgan fingerprint density at radius 1 is 0.964 bits per heavy atom. The lowest BCUT2D eigenvalue weighted by Gasteiger charge is -2.21. The van der Waals surface area contributed by atoms with Crippen molar-refractivity contribution in [2.45, 2.75) is 71.6 Å². The molecule has 0 aromatic heterocycles. The zero-order chi connectivity index (χ0) is 20.9. The zero-order valence-electron chi connectivity index (χ0n) is 18.8. The highest BCUT2D eigenvalue weighted by atomic mass is 32.2. The molecule has 0 atom stereocenters. The molecular formula is C25H38OSSi. The average Bonchev–Trinajstić information content (AvgIpc) is 2.57. The first kappa shape index (κ1) is 23.1. The molecule has 154 valence electrons. The van der Waals surface area contributed by atoms with E-state index in [1.807, 2.05) is 17.8 Å². The third-order valence-corrected chi connectivity index (χ3v) is 8.45. The number of benzene rings is 2. The van der Waals surface area contributed by atoms with Crippen molar-refractivity contribution in [2.75, 3.05) is 5.38 Å². The van der Waals surface area contributed by atoms with Gasteiger partial charge in [0.25, 0.3) is 0 Å². The molecule has 1 N–H and O–H groups in total. The van der Waals surface area contributed by atoms with Crippen LogP contribution in [0.1, 0.15) is 65.2 Å². The maximum Gasteiger partial charge on any atom is 0.119 e. The molecule has 2 aromatic rings. The van der Waals surface area contributed by atoms with Gasteiger partial charge in [0, 0.05) is 10.5 Å². The third kappa shape index (κ3) is 6.70. The smallest absolute Gasteiger partial charge is 0.119 e. The molecule has 0 aliphatic carbocycles. The average molecular weight is 415 g/mol. The van der Waals surface area contributed by atoms with E-state index in [1.165, 1.54) is 23.1 Å². The van der Waals surface area contributed by atoms with E-state index in [2.05, 4.69) is 78.8 Å². The van der Waals surface area contributed by atoms with Crippen molar-refractivity contribution in [1.29, 1.82) is 0 Å². The second-order valence-electron chi connectivity index (χ2n) is 9.78. The maximum atomic E-state index is 10.2. The van der Waals surface area contributed by atoms with Crippen LogP contribution >= 0.6 is 11.8 Å². The van der Waals surface area contributed by atoms with E-state index in [1.54, 1.807) is 16.3 Å². The minimum atomic E-state index is -0.338. The van der Waals surface area contributed by atoms with E-state index in [9.17, 15) is 5.11 Å². The van der Waals surface area contributed by atoms with Gasteiger partial charge in [-0.3, -0.25) is 0 Å². The third-order valence-electron chi connectivity index (χ3n) is 5.03. The lowest BCUT2D eigenvalue weighted by atomic mass is 9.86. The molecule has 0 fully saturated rings. The Hall–Kier alpha value is -1.19. The van der Waals surface area contributed by atoms with Crippen molar-refractivity contribution in [3.63, 3.8) is 0 Å². The van der Waals surface area contributed by atoms with Gasteiger partial charge in [0.1, 0.15) is 5.75 Å². The fourth-order valence-corrected chi connectivity index (χ4v) is 7.28. The number of aromatic hydroxyl groups is 1. The second kappa shape index (κ2) is 10.0. The molecule has 3 heteroatoms. The van der Waals surface area contributed by atoms with Gasteiger partial charge in [-0.2, -0.15) is 0 Å². The molecule has 0 spiro atoms. The van der Waals surface area contributed by atoms with Crippen LogP contribution in [-0.2, 0) is 18.3 Å². The van der Waals surface area contributed by atoms with Gasteiger partial charge in [0.15, 0.2) is 0 Å². The van der Waals surface area contributed by atoms with E-state index in [-0.39, 0.29) is 14.9 Å². The molecule has 0 radical (unpaired) electrons. The molecule has 0 heterocycles. The number of rotatable bonds is 8. The second-order valence-corrected chi connectivity index (χ2v) is 13.4. The first-order chi connectivity index (χ1) is 13.1. The van der Waals surface area contributed by atoms with Gasteiger partial charge in [-0.1, -0.05) is 71.9 Å². The van der Waals surface area contributed by atoms with E-state index in [0.717, 1.165) is 5.56 Å². The SMILES string of the molecule is CC(C)Cc1cccc([SiH2]CSc2ccc(O)c(C(C)(C)C)c2)c1CC(C)C. The summed E-state index contributed by atoms with van der Waals surface area (Å²) < 4.78 is 0. The van der Waals surface area contributed by atoms with Gasteiger partial charge in [-0.25, -0.2) is 0 Å². The Bertz CT molecular complexity index is 775. The van der Waals surface area contributed by atoms with Crippen LogP contribution in [0.2, 0.25) is 0 Å². The van der Waals surface area contributed by atoms with Gasteiger partial charge in [-0.15, -0.1) is 11.8 Å². The molecule has 0 saturated heterocycles. The summed E-state index contributed by atoms with van der Waals surface area (Å²) in [7, 11) is -0.338. The van der Waals surface area contributed by atoms with Gasteiger partial charge >= 0.3 is 0 Å². The Kier molecular flexibility index (Phi) is 8.26. The van der Waals surface area contributed by atoms with Gasteiger partial charge in [0.05, 0.1) is 9.52 Å². The van der Waals surface area contributed by atoms with Crippen molar-refractivity contribution in [2.24, 2.45) is 11.8 Å². The summed E-state index contributed by atoms with van der Waals surface area (Å²) in [6.45, 7) is 15.8. The fourth-order valence-electron chi connectivity index (χ4n) is 3.71. The van der Waals surface area contributed by atoms with Gasteiger partial charge in [0.2, 0.25) is 0 Å². The van der Waals surface area contributed by atoms with Crippen LogP contribution in [0.3, 0.4) is 0 Å². The first-order valence-electron chi connectivity index (χ1n) is 10.6. The van der Waals surface area contributed by atoms with Gasteiger partial charge in [-0.05, 0) is 64.8 Å². The molecule has 0 bridgehead atoms. The number of hydrogen-bond donors (Lipinski definition) is 1. The molecule has 2 aromatic carbocycles. The summed E-state index contributed by atoms with van der Waals surface area (Å²) in [6, 6.07) is 13.1.